The van der Waals surface area contributed by atoms with Crippen molar-refractivity contribution in [1.82, 2.24) is 0 Å². The Kier molecular flexibility index (Phi) is 5.94. The molecule has 0 radical (unpaired) electrons. The minimum Gasteiger partial charge on any atom is -0.382 e. The second-order valence-electron chi connectivity index (χ2n) is 4.32. The third-order valence-electron chi connectivity index (χ3n) is 2.72. The highest BCUT2D eigenvalue weighted by Gasteiger charge is 2.13. The van der Waals surface area contributed by atoms with Crippen LogP contribution in [0.4, 0.5) is 5.69 Å². The highest BCUT2D eigenvalue weighted by molar-refractivity contribution is 7.89. The molecule has 0 spiro atoms. The molecule has 0 saturated heterocycles. The van der Waals surface area contributed by atoms with E-state index in [2.05, 4.69) is 5.32 Å². The number of nitrogens with two attached hydrogens (primary N) is 1. The maximum absolute atomic E-state index is 11.7. The molecule has 112 valence electrons. The highest BCUT2D eigenvalue weighted by Crippen LogP contribution is 2.25. The van der Waals surface area contributed by atoms with Crippen molar-refractivity contribution in [1.29, 1.82) is 0 Å². The van der Waals surface area contributed by atoms with Crippen molar-refractivity contribution in [2.75, 3.05) is 12.4 Å². The second-order valence-corrected chi connectivity index (χ2v) is 6.29. The summed E-state index contributed by atoms with van der Waals surface area (Å²) >= 11 is 5.91. The molecule has 3 N–H and O–H groups in total. The van der Waals surface area contributed by atoms with Gasteiger partial charge in [-0.2, -0.15) is 0 Å². The first-order valence-electron chi connectivity index (χ1n) is 5.89. The first-order valence-corrected chi connectivity index (χ1v) is 7.81. The molecule has 20 heavy (non-hydrogen) atoms. The van der Waals surface area contributed by atoms with E-state index >= 15 is 0 Å². The summed E-state index contributed by atoms with van der Waals surface area (Å²) in [6.07, 6.45) is 0.756. The smallest absolute Gasteiger partial charge is 0.238 e. The Bertz CT molecular complexity index is 589. The van der Waals surface area contributed by atoms with Crippen LogP contribution in [0.3, 0.4) is 0 Å². The van der Waals surface area contributed by atoms with Crippen molar-refractivity contribution in [3.8, 4) is 0 Å². The third kappa shape index (κ3) is 5.09. The number of sulfonamides is 1. The van der Waals surface area contributed by atoms with Crippen LogP contribution in [0.25, 0.3) is 0 Å². The van der Waals surface area contributed by atoms with Crippen LogP contribution in [0.1, 0.15) is 19.8 Å². The van der Waals surface area contributed by atoms with Gasteiger partial charge in [-0.1, -0.05) is 11.6 Å². The number of ether oxygens (including phenoxy) is 1. The third-order valence-corrected chi connectivity index (χ3v) is 3.96. The van der Waals surface area contributed by atoms with E-state index in [9.17, 15) is 13.2 Å². The van der Waals surface area contributed by atoms with Gasteiger partial charge in [0.15, 0.2) is 0 Å². The van der Waals surface area contributed by atoms with Crippen molar-refractivity contribution < 1.29 is 17.9 Å². The van der Waals surface area contributed by atoms with Crippen LogP contribution >= 0.6 is 11.6 Å². The van der Waals surface area contributed by atoms with E-state index < -0.39 is 10.0 Å². The average molecular weight is 321 g/mol. The maximum Gasteiger partial charge on any atom is 0.238 e. The Hall–Kier alpha value is -1.15. The molecule has 0 aliphatic heterocycles. The number of benzene rings is 1. The number of hydrogen-bond donors (Lipinski definition) is 2. The van der Waals surface area contributed by atoms with Gasteiger partial charge in [0.2, 0.25) is 15.9 Å². The van der Waals surface area contributed by atoms with Gasteiger partial charge in [0.1, 0.15) is 0 Å². The number of halogens is 1. The van der Waals surface area contributed by atoms with E-state index in [4.69, 9.17) is 21.5 Å². The van der Waals surface area contributed by atoms with Gasteiger partial charge in [0.25, 0.3) is 0 Å². The number of rotatable bonds is 6. The van der Waals surface area contributed by atoms with Crippen LogP contribution < -0.4 is 10.5 Å². The van der Waals surface area contributed by atoms with Gasteiger partial charge < -0.3 is 10.1 Å². The molecular formula is C12H17ClN2O4S. The van der Waals surface area contributed by atoms with Gasteiger partial charge in [-0.3, -0.25) is 4.79 Å². The number of carbonyl (C=O) groups is 1. The standard InChI is InChI=1S/C12H17ClN2O4S/c1-8(19-2)3-6-12(16)15-11-7-9(20(14,17)18)4-5-10(11)13/h4-5,7-8H,3,6H2,1-2H3,(H,15,16)(H2,14,17,18). The molecular weight excluding hydrogens is 304 g/mol. The molecule has 8 heteroatoms. The van der Waals surface area contributed by atoms with Gasteiger partial charge >= 0.3 is 0 Å². The molecule has 1 unspecified atom stereocenters. The van der Waals surface area contributed by atoms with Gasteiger partial charge in [-0.25, -0.2) is 13.6 Å². The van der Waals surface area contributed by atoms with Crippen molar-refractivity contribution in [2.45, 2.75) is 30.8 Å². The second kappa shape index (κ2) is 7.03. The molecule has 1 amide bonds. The summed E-state index contributed by atoms with van der Waals surface area (Å²) in [4.78, 5) is 11.6. The summed E-state index contributed by atoms with van der Waals surface area (Å²) in [7, 11) is -2.27. The largest absolute Gasteiger partial charge is 0.382 e. The number of hydrogen-bond acceptors (Lipinski definition) is 4. The topological polar surface area (TPSA) is 98.5 Å². The van der Waals surface area contributed by atoms with E-state index in [1.165, 1.54) is 18.2 Å². The summed E-state index contributed by atoms with van der Waals surface area (Å²) in [5, 5.41) is 7.82. The van der Waals surface area contributed by atoms with Crippen LogP contribution in [0, 0.1) is 0 Å². The number of amides is 1. The van der Waals surface area contributed by atoms with Crippen LogP contribution in [0.15, 0.2) is 23.1 Å². The molecule has 1 rings (SSSR count). The van der Waals surface area contributed by atoms with Crippen molar-refractivity contribution >= 4 is 33.2 Å². The van der Waals surface area contributed by atoms with Crippen LogP contribution in [-0.4, -0.2) is 27.5 Å². The van der Waals surface area contributed by atoms with Crippen LogP contribution in [0.5, 0.6) is 0 Å². The predicted octanol–water partition coefficient (Wildman–Crippen LogP) is 1.74. The van der Waals surface area contributed by atoms with Crippen molar-refractivity contribution in [2.24, 2.45) is 5.14 Å². The fourth-order valence-electron chi connectivity index (χ4n) is 1.44. The lowest BCUT2D eigenvalue weighted by Crippen LogP contribution is -2.16. The Morgan fingerprint density at radius 1 is 1.50 bits per heavy atom. The highest BCUT2D eigenvalue weighted by atomic mass is 35.5. The number of anilines is 1. The Morgan fingerprint density at radius 2 is 2.15 bits per heavy atom. The Balaban J connectivity index is 2.79. The SMILES string of the molecule is COC(C)CCC(=O)Nc1cc(S(N)(=O)=O)ccc1Cl. The summed E-state index contributed by atoms with van der Waals surface area (Å²) in [6, 6.07) is 3.88. The lowest BCUT2D eigenvalue weighted by atomic mass is 10.2. The number of nitrogens with one attached hydrogen (secondary N) is 1. The molecule has 0 aliphatic carbocycles. The predicted molar refractivity (Wildman–Crippen MR) is 77.2 cm³/mol. The summed E-state index contributed by atoms with van der Waals surface area (Å²) < 4.78 is 27.5. The fourth-order valence-corrected chi connectivity index (χ4v) is 2.15. The minimum atomic E-state index is -3.84. The van der Waals surface area contributed by atoms with E-state index in [0.717, 1.165) is 0 Å². The van der Waals surface area contributed by atoms with E-state index in [-0.39, 0.29) is 34.0 Å². The van der Waals surface area contributed by atoms with Gasteiger partial charge in [-0.05, 0) is 31.5 Å². The van der Waals surface area contributed by atoms with E-state index in [1.54, 1.807) is 7.11 Å². The molecule has 0 saturated carbocycles. The Morgan fingerprint density at radius 3 is 2.70 bits per heavy atom. The lowest BCUT2D eigenvalue weighted by molar-refractivity contribution is -0.116. The fraction of sp³-hybridized carbons (Fsp3) is 0.417. The number of methoxy groups -OCH3 is 1. The first kappa shape index (κ1) is 16.9. The monoisotopic (exact) mass is 320 g/mol. The quantitative estimate of drug-likeness (QED) is 0.834. The molecule has 0 aromatic heterocycles. The summed E-state index contributed by atoms with van der Waals surface area (Å²) in [6.45, 7) is 1.85. The van der Waals surface area contributed by atoms with Gasteiger partial charge in [-0.15, -0.1) is 0 Å². The summed E-state index contributed by atoms with van der Waals surface area (Å²) in [5.41, 5.74) is 0.216. The minimum absolute atomic E-state index is 0.0352. The number of carbonyl (C=O) groups excluding carboxylic acids is 1. The molecule has 0 heterocycles. The van der Waals surface area contributed by atoms with Crippen LogP contribution in [0.2, 0.25) is 5.02 Å². The van der Waals surface area contributed by atoms with Crippen LogP contribution in [-0.2, 0) is 19.6 Å². The normalized spacial score (nSPS) is 13.0. The molecule has 0 fully saturated rings. The van der Waals surface area contributed by atoms with Crippen molar-refractivity contribution in [3.63, 3.8) is 0 Å². The zero-order valence-electron chi connectivity index (χ0n) is 11.2. The molecule has 6 nitrogen and oxygen atoms in total. The first-order chi connectivity index (χ1) is 9.24. The Labute approximate surface area is 123 Å². The zero-order chi connectivity index (χ0) is 15.3. The average Bonchev–Trinajstić information content (AvgIpc) is 2.37. The van der Waals surface area contributed by atoms with Gasteiger partial charge in [0, 0.05) is 13.5 Å². The van der Waals surface area contributed by atoms with E-state index in [1.807, 2.05) is 6.92 Å². The lowest BCUT2D eigenvalue weighted by Gasteiger charge is -2.11. The van der Waals surface area contributed by atoms with Gasteiger partial charge in [0.05, 0.1) is 21.7 Å². The maximum atomic E-state index is 11.7. The van der Waals surface area contributed by atoms with Crippen molar-refractivity contribution in [3.05, 3.63) is 23.2 Å². The zero-order valence-corrected chi connectivity index (χ0v) is 12.8. The molecule has 1 aromatic carbocycles. The van der Waals surface area contributed by atoms with E-state index in [0.29, 0.717) is 6.42 Å². The number of primary sulfonamides is 1. The molecule has 0 bridgehead atoms. The molecule has 1 aromatic rings. The molecule has 1 atom stereocenters. The molecule has 0 aliphatic rings. The summed E-state index contributed by atoms with van der Waals surface area (Å²) in [5.74, 6) is -0.276.